The van der Waals surface area contributed by atoms with E-state index in [1.165, 1.54) is 0 Å². The Balaban J connectivity index is 2.14. The van der Waals surface area contributed by atoms with E-state index in [0.29, 0.717) is 13.2 Å². The summed E-state index contributed by atoms with van der Waals surface area (Å²) in [4.78, 5) is 16.0. The van der Waals surface area contributed by atoms with Crippen molar-refractivity contribution in [2.24, 2.45) is 7.05 Å². The summed E-state index contributed by atoms with van der Waals surface area (Å²) in [5, 5.41) is 6.06. The van der Waals surface area contributed by atoms with E-state index in [4.69, 9.17) is 4.74 Å². The maximum atomic E-state index is 11.7. The topological polar surface area (TPSA) is 68.2 Å². The second-order valence-corrected chi connectivity index (χ2v) is 4.52. The Hall–Kier alpha value is -1.40. The van der Waals surface area contributed by atoms with E-state index < -0.39 is 0 Å². The largest absolute Gasteiger partial charge is 0.385 e. The maximum absolute atomic E-state index is 11.7. The average Bonchev–Trinajstić information content (AvgIpc) is 2.80. The molecule has 1 amide bonds. The first-order valence-corrected chi connectivity index (χ1v) is 6.61. The van der Waals surface area contributed by atoms with Crippen molar-refractivity contribution in [1.29, 1.82) is 0 Å². The van der Waals surface area contributed by atoms with Crippen LogP contribution in [-0.2, 0) is 23.0 Å². The van der Waals surface area contributed by atoms with Crippen LogP contribution in [0.1, 0.15) is 19.2 Å². The summed E-state index contributed by atoms with van der Waals surface area (Å²) in [7, 11) is 3.62. The summed E-state index contributed by atoms with van der Waals surface area (Å²) in [5.74, 6) is 1.04. The number of carbonyl (C=O) groups excluding carboxylic acids is 1. The molecule has 6 heteroatoms. The van der Waals surface area contributed by atoms with Crippen molar-refractivity contribution < 1.29 is 9.53 Å². The highest BCUT2D eigenvalue weighted by molar-refractivity contribution is 5.81. The zero-order chi connectivity index (χ0) is 14.1. The van der Waals surface area contributed by atoms with E-state index in [1.807, 2.05) is 24.7 Å². The van der Waals surface area contributed by atoms with E-state index in [-0.39, 0.29) is 11.9 Å². The van der Waals surface area contributed by atoms with Gasteiger partial charge in [-0.15, -0.1) is 0 Å². The molecule has 1 aromatic rings. The number of amides is 1. The highest BCUT2D eigenvalue weighted by atomic mass is 16.5. The van der Waals surface area contributed by atoms with Crippen molar-refractivity contribution in [2.45, 2.75) is 25.8 Å². The molecule has 6 nitrogen and oxygen atoms in total. The zero-order valence-corrected chi connectivity index (χ0v) is 12.0. The lowest BCUT2D eigenvalue weighted by Crippen LogP contribution is -2.43. The number of rotatable bonds is 9. The molecule has 0 saturated heterocycles. The van der Waals surface area contributed by atoms with Gasteiger partial charge in [0.1, 0.15) is 5.82 Å². The third kappa shape index (κ3) is 5.85. The molecule has 0 saturated carbocycles. The highest BCUT2D eigenvalue weighted by Crippen LogP contribution is 1.94. The summed E-state index contributed by atoms with van der Waals surface area (Å²) in [6, 6.07) is -0.192. The third-order valence-corrected chi connectivity index (χ3v) is 2.94. The number of nitrogens with zero attached hydrogens (tertiary/aromatic N) is 2. The number of aromatic nitrogens is 2. The van der Waals surface area contributed by atoms with Gasteiger partial charge in [0.25, 0.3) is 0 Å². The highest BCUT2D eigenvalue weighted by Gasteiger charge is 2.11. The molecule has 19 heavy (non-hydrogen) atoms. The molecule has 1 atom stereocenters. The van der Waals surface area contributed by atoms with Crippen molar-refractivity contribution in [1.82, 2.24) is 20.2 Å². The van der Waals surface area contributed by atoms with Gasteiger partial charge in [0.2, 0.25) is 5.91 Å². The van der Waals surface area contributed by atoms with Gasteiger partial charge in [0.05, 0.1) is 6.04 Å². The van der Waals surface area contributed by atoms with Gasteiger partial charge in [0, 0.05) is 52.7 Å². The standard InChI is InChI=1S/C13H24N4O2/c1-11(13(18)16-6-4-10-19-3)14-7-5-12-15-8-9-17(12)2/h8-9,11,14H,4-7,10H2,1-3H3,(H,16,18). The van der Waals surface area contributed by atoms with Gasteiger partial charge in [-0.25, -0.2) is 4.98 Å². The predicted octanol–water partition coefficient (Wildman–Crippen LogP) is 0.0934. The van der Waals surface area contributed by atoms with Gasteiger partial charge in [0.15, 0.2) is 0 Å². The van der Waals surface area contributed by atoms with E-state index in [1.54, 1.807) is 13.3 Å². The van der Waals surface area contributed by atoms with E-state index in [9.17, 15) is 4.79 Å². The minimum atomic E-state index is -0.192. The van der Waals surface area contributed by atoms with Crippen LogP contribution in [0, 0.1) is 0 Å². The summed E-state index contributed by atoms with van der Waals surface area (Å²) < 4.78 is 6.91. The Labute approximate surface area is 114 Å². The molecule has 0 aliphatic rings. The Kier molecular flexibility index (Phi) is 7.14. The first-order chi connectivity index (χ1) is 9.15. The van der Waals surface area contributed by atoms with Crippen LogP contribution in [0.15, 0.2) is 12.4 Å². The summed E-state index contributed by atoms with van der Waals surface area (Å²) >= 11 is 0. The fourth-order valence-electron chi connectivity index (χ4n) is 1.71. The number of methoxy groups -OCH3 is 1. The van der Waals surface area contributed by atoms with Crippen LogP contribution in [0.4, 0.5) is 0 Å². The van der Waals surface area contributed by atoms with Gasteiger partial charge in [-0.2, -0.15) is 0 Å². The smallest absolute Gasteiger partial charge is 0.236 e. The molecule has 0 aliphatic carbocycles. The fraction of sp³-hybridized carbons (Fsp3) is 0.692. The number of hydrogen-bond donors (Lipinski definition) is 2. The molecule has 2 N–H and O–H groups in total. The molecule has 0 radical (unpaired) electrons. The molecule has 1 rings (SSSR count). The average molecular weight is 268 g/mol. The van der Waals surface area contributed by atoms with Crippen LogP contribution in [0.2, 0.25) is 0 Å². The third-order valence-electron chi connectivity index (χ3n) is 2.94. The first-order valence-electron chi connectivity index (χ1n) is 6.61. The monoisotopic (exact) mass is 268 g/mol. The predicted molar refractivity (Wildman–Crippen MR) is 73.9 cm³/mol. The van der Waals surface area contributed by atoms with Crippen molar-refractivity contribution in [2.75, 3.05) is 26.8 Å². The normalized spacial score (nSPS) is 12.4. The molecule has 1 unspecified atom stereocenters. The molecule has 0 aliphatic heterocycles. The number of ether oxygens (including phenoxy) is 1. The minimum absolute atomic E-state index is 0.0240. The van der Waals surface area contributed by atoms with Crippen LogP contribution < -0.4 is 10.6 Å². The summed E-state index contributed by atoms with van der Waals surface area (Å²) in [6.07, 6.45) is 5.34. The Morgan fingerprint density at radius 3 is 2.95 bits per heavy atom. The van der Waals surface area contributed by atoms with E-state index in [0.717, 1.165) is 25.2 Å². The Morgan fingerprint density at radius 2 is 2.32 bits per heavy atom. The lowest BCUT2D eigenvalue weighted by molar-refractivity contribution is -0.122. The van der Waals surface area contributed by atoms with Gasteiger partial charge >= 0.3 is 0 Å². The molecule has 0 spiro atoms. The molecule has 1 aromatic heterocycles. The zero-order valence-electron chi connectivity index (χ0n) is 12.0. The number of hydrogen-bond acceptors (Lipinski definition) is 4. The van der Waals surface area contributed by atoms with Crippen LogP contribution >= 0.6 is 0 Å². The van der Waals surface area contributed by atoms with Crippen molar-refractivity contribution in [3.05, 3.63) is 18.2 Å². The molecule has 0 aromatic carbocycles. The van der Waals surface area contributed by atoms with Gasteiger partial charge in [-0.3, -0.25) is 4.79 Å². The molecular weight excluding hydrogens is 244 g/mol. The molecule has 1 heterocycles. The number of carbonyl (C=O) groups is 1. The maximum Gasteiger partial charge on any atom is 0.236 e. The van der Waals surface area contributed by atoms with Crippen LogP contribution in [0.5, 0.6) is 0 Å². The summed E-state index contributed by atoms with van der Waals surface area (Å²) in [5.41, 5.74) is 0. The fourth-order valence-corrected chi connectivity index (χ4v) is 1.71. The van der Waals surface area contributed by atoms with E-state index >= 15 is 0 Å². The summed E-state index contributed by atoms with van der Waals surface area (Å²) in [6.45, 7) is 3.92. The van der Waals surface area contributed by atoms with Crippen LogP contribution in [-0.4, -0.2) is 48.3 Å². The lowest BCUT2D eigenvalue weighted by atomic mass is 10.3. The number of aryl methyl sites for hydroxylation is 1. The number of imidazole rings is 1. The second kappa shape index (κ2) is 8.66. The Morgan fingerprint density at radius 1 is 1.53 bits per heavy atom. The molecule has 0 bridgehead atoms. The SMILES string of the molecule is COCCCNC(=O)C(C)NCCc1nccn1C. The van der Waals surface area contributed by atoms with Crippen LogP contribution in [0.3, 0.4) is 0 Å². The lowest BCUT2D eigenvalue weighted by Gasteiger charge is -2.13. The second-order valence-electron chi connectivity index (χ2n) is 4.52. The molecule has 108 valence electrons. The molecule has 0 fully saturated rings. The Bertz CT molecular complexity index is 378. The minimum Gasteiger partial charge on any atom is -0.385 e. The van der Waals surface area contributed by atoms with Gasteiger partial charge in [-0.1, -0.05) is 0 Å². The van der Waals surface area contributed by atoms with Gasteiger partial charge < -0.3 is 19.9 Å². The van der Waals surface area contributed by atoms with Crippen molar-refractivity contribution in [3.8, 4) is 0 Å². The van der Waals surface area contributed by atoms with E-state index in [2.05, 4.69) is 15.6 Å². The molecular formula is C13H24N4O2. The van der Waals surface area contributed by atoms with Crippen LogP contribution in [0.25, 0.3) is 0 Å². The number of nitrogens with one attached hydrogen (secondary N) is 2. The quantitative estimate of drug-likeness (QED) is 0.623. The first kappa shape index (κ1) is 15.7. The van der Waals surface area contributed by atoms with Gasteiger partial charge in [-0.05, 0) is 13.3 Å². The van der Waals surface area contributed by atoms with Crippen molar-refractivity contribution in [3.63, 3.8) is 0 Å². The van der Waals surface area contributed by atoms with Crippen molar-refractivity contribution >= 4 is 5.91 Å².